The minimum Gasteiger partial charge on any atom is -0.439 e. The summed E-state index contributed by atoms with van der Waals surface area (Å²) in [6, 6.07) is 9.29. The molecule has 0 saturated heterocycles. The van der Waals surface area contributed by atoms with E-state index in [4.69, 9.17) is 4.74 Å². The minimum atomic E-state index is 0.512. The Balaban J connectivity index is 2.20. The second-order valence-corrected chi connectivity index (χ2v) is 3.94. The largest absolute Gasteiger partial charge is 0.439 e. The Morgan fingerprint density at radius 2 is 2.19 bits per heavy atom. The van der Waals surface area contributed by atoms with Crippen LogP contribution >= 0.6 is 15.9 Å². The van der Waals surface area contributed by atoms with E-state index in [1.165, 1.54) is 0 Å². The fraction of sp³-hybridized carbons (Fsp3) is 0.0909. The number of nitrogens with one attached hydrogen (secondary N) is 1. The molecule has 0 aliphatic rings. The molecule has 0 fully saturated rings. The third-order valence-corrected chi connectivity index (χ3v) is 2.37. The third-order valence-electron chi connectivity index (χ3n) is 1.87. The van der Waals surface area contributed by atoms with Gasteiger partial charge in [-0.25, -0.2) is 4.98 Å². The molecule has 82 valence electrons. The van der Waals surface area contributed by atoms with Crippen LogP contribution in [0, 0.1) is 0 Å². The summed E-state index contributed by atoms with van der Waals surface area (Å²) < 4.78 is 6.55. The lowest BCUT2D eigenvalue weighted by atomic mass is 10.3. The lowest BCUT2D eigenvalue weighted by Gasteiger charge is -2.05. The average Bonchev–Trinajstić information content (AvgIpc) is 2.29. The highest BCUT2D eigenvalue weighted by Gasteiger charge is 2.00. The first kappa shape index (κ1) is 10.9. The van der Waals surface area contributed by atoms with Crippen molar-refractivity contribution in [2.45, 2.75) is 0 Å². The molecule has 0 amide bonds. The summed E-state index contributed by atoms with van der Waals surface area (Å²) in [7, 11) is 1.76. The maximum atomic E-state index is 5.58. The van der Waals surface area contributed by atoms with Crippen molar-refractivity contribution in [3.8, 4) is 11.6 Å². The van der Waals surface area contributed by atoms with E-state index in [1.807, 2.05) is 24.3 Å². The Kier molecular flexibility index (Phi) is 3.36. The number of aromatic nitrogens is 2. The van der Waals surface area contributed by atoms with Gasteiger partial charge < -0.3 is 10.1 Å². The van der Waals surface area contributed by atoms with Crippen LogP contribution in [0.5, 0.6) is 11.6 Å². The molecule has 1 aromatic heterocycles. The van der Waals surface area contributed by atoms with Crippen molar-refractivity contribution in [3.05, 3.63) is 41.0 Å². The van der Waals surface area contributed by atoms with Crippen molar-refractivity contribution < 1.29 is 4.74 Å². The summed E-state index contributed by atoms with van der Waals surface area (Å²) in [6.45, 7) is 0. The SMILES string of the molecule is CNc1nccc(Oc2cccc(Br)c2)n1. The molecule has 4 nitrogen and oxygen atoms in total. The summed E-state index contributed by atoms with van der Waals surface area (Å²) >= 11 is 3.38. The zero-order chi connectivity index (χ0) is 11.4. The van der Waals surface area contributed by atoms with Crippen LogP contribution in [0.2, 0.25) is 0 Å². The van der Waals surface area contributed by atoms with Crippen LogP contribution in [-0.4, -0.2) is 17.0 Å². The van der Waals surface area contributed by atoms with Crippen molar-refractivity contribution >= 4 is 21.9 Å². The molecule has 0 atom stereocenters. The van der Waals surface area contributed by atoms with Gasteiger partial charge in [-0.2, -0.15) is 4.98 Å². The normalized spacial score (nSPS) is 9.88. The van der Waals surface area contributed by atoms with Crippen molar-refractivity contribution in [2.75, 3.05) is 12.4 Å². The summed E-state index contributed by atoms with van der Waals surface area (Å²) in [5, 5.41) is 2.85. The Hall–Kier alpha value is -1.62. The first-order chi connectivity index (χ1) is 7.78. The third kappa shape index (κ3) is 2.70. The van der Waals surface area contributed by atoms with E-state index in [1.54, 1.807) is 19.3 Å². The Labute approximate surface area is 102 Å². The molecule has 0 unspecified atom stereocenters. The molecule has 0 saturated carbocycles. The van der Waals surface area contributed by atoms with Gasteiger partial charge in [0.15, 0.2) is 0 Å². The summed E-state index contributed by atoms with van der Waals surface area (Å²) in [4.78, 5) is 8.16. The molecular formula is C11H10BrN3O. The topological polar surface area (TPSA) is 47.0 Å². The van der Waals surface area contributed by atoms with Crippen molar-refractivity contribution in [1.82, 2.24) is 9.97 Å². The van der Waals surface area contributed by atoms with E-state index < -0.39 is 0 Å². The number of benzene rings is 1. The van der Waals surface area contributed by atoms with Gasteiger partial charge in [0.2, 0.25) is 11.8 Å². The Morgan fingerprint density at radius 3 is 2.94 bits per heavy atom. The fourth-order valence-electron chi connectivity index (χ4n) is 1.17. The van der Waals surface area contributed by atoms with Gasteiger partial charge in [-0.3, -0.25) is 0 Å². The van der Waals surface area contributed by atoms with Gasteiger partial charge in [-0.05, 0) is 18.2 Å². The molecule has 1 heterocycles. The van der Waals surface area contributed by atoms with E-state index in [0.717, 1.165) is 10.2 Å². The maximum absolute atomic E-state index is 5.58. The van der Waals surface area contributed by atoms with Crippen LogP contribution in [0.15, 0.2) is 41.0 Å². The second-order valence-electron chi connectivity index (χ2n) is 3.03. The fourth-order valence-corrected chi connectivity index (χ4v) is 1.55. The molecule has 0 aliphatic heterocycles. The summed E-state index contributed by atoms with van der Waals surface area (Å²) in [5.74, 6) is 1.78. The number of hydrogen-bond donors (Lipinski definition) is 1. The molecule has 1 N–H and O–H groups in total. The number of hydrogen-bond acceptors (Lipinski definition) is 4. The van der Waals surface area contributed by atoms with E-state index in [-0.39, 0.29) is 0 Å². The second kappa shape index (κ2) is 4.94. The van der Waals surface area contributed by atoms with Crippen molar-refractivity contribution in [1.29, 1.82) is 0 Å². The van der Waals surface area contributed by atoms with Crippen LogP contribution in [0.25, 0.3) is 0 Å². The number of anilines is 1. The highest BCUT2D eigenvalue weighted by molar-refractivity contribution is 9.10. The average molecular weight is 280 g/mol. The smallest absolute Gasteiger partial charge is 0.225 e. The van der Waals surface area contributed by atoms with Crippen LogP contribution in [0.1, 0.15) is 0 Å². The number of halogens is 1. The predicted octanol–water partition coefficient (Wildman–Crippen LogP) is 3.07. The zero-order valence-electron chi connectivity index (χ0n) is 8.64. The van der Waals surface area contributed by atoms with Gasteiger partial charge in [0, 0.05) is 23.8 Å². The first-order valence-corrected chi connectivity index (χ1v) is 5.51. The van der Waals surface area contributed by atoms with E-state index in [0.29, 0.717) is 11.8 Å². The molecule has 5 heteroatoms. The van der Waals surface area contributed by atoms with Crippen LogP contribution < -0.4 is 10.1 Å². The molecule has 16 heavy (non-hydrogen) atoms. The molecule has 0 spiro atoms. The molecule has 0 aliphatic carbocycles. The maximum Gasteiger partial charge on any atom is 0.225 e. The predicted molar refractivity (Wildman–Crippen MR) is 65.8 cm³/mol. The van der Waals surface area contributed by atoms with Crippen LogP contribution in [0.3, 0.4) is 0 Å². The van der Waals surface area contributed by atoms with Crippen molar-refractivity contribution in [3.63, 3.8) is 0 Å². The highest BCUT2D eigenvalue weighted by Crippen LogP contribution is 2.22. The molecule has 0 radical (unpaired) electrons. The molecule has 2 rings (SSSR count). The van der Waals surface area contributed by atoms with Gasteiger partial charge in [0.25, 0.3) is 0 Å². The number of rotatable bonds is 3. The quantitative estimate of drug-likeness (QED) is 0.938. The summed E-state index contributed by atoms with van der Waals surface area (Å²) in [5.41, 5.74) is 0. The molecular weight excluding hydrogens is 270 g/mol. The monoisotopic (exact) mass is 279 g/mol. The van der Waals surface area contributed by atoms with E-state index in [9.17, 15) is 0 Å². The van der Waals surface area contributed by atoms with Crippen LogP contribution in [-0.2, 0) is 0 Å². The standard InChI is InChI=1S/C11H10BrN3O/c1-13-11-14-6-5-10(15-11)16-9-4-2-3-8(12)7-9/h2-7H,1H3,(H,13,14,15). The van der Waals surface area contributed by atoms with Gasteiger partial charge in [0.1, 0.15) is 5.75 Å². The Bertz CT molecular complexity index is 490. The highest BCUT2D eigenvalue weighted by atomic mass is 79.9. The Morgan fingerprint density at radius 1 is 1.31 bits per heavy atom. The van der Waals surface area contributed by atoms with Crippen LogP contribution in [0.4, 0.5) is 5.95 Å². The minimum absolute atomic E-state index is 0.512. The lowest BCUT2D eigenvalue weighted by Crippen LogP contribution is -1.97. The van der Waals surface area contributed by atoms with Gasteiger partial charge in [0.05, 0.1) is 0 Å². The number of ether oxygens (including phenoxy) is 1. The lowest BCUT2D eigenvalue weighted by molar-refractivity contribution is 0.462. The van der Waals surface area contributed by atoms with Gasteiger partial charge in [-0.15, -0.1) is 0 Å². The van der Waals surface area contributed by atoms with Crippen molar-refractivity contribution in [2.24, 2.45) is 0 Å². The summed E-state index contributed by atoms with van der Waals surface area (Å²) in [6.07, 6.45) is 1.64. The molecule has 1 aromatic carbocycles. The molecule has 0 bridgehead atoms. The van der Waals surface area contributed by atoms with Gasteiger partial charge >= 0.3 is 0 Å². The number of nitrogens with zero attached hydrogens (tertiary/aromatic N) is 2. The van der Waals surface area contributed by atoms with E-state index in [2.05, 4.69) is 31.2 Å². The molecule has 2 aromatic rings. The zero-order valence-corrected chi connectivity index (χ0v) is 10.2. The van der Waals surface area contributed by atoms with E-state index >= 15 is 0 Å². The first-order valence-electron chi connectivity index (χ1n) is 4.72. The van der Waals surface area contributed by atoms with Gasteiger partial charge in [-0.1, -0.05) is 22.0 Å².